The van der Waals surface area contributed by atoms with Gasteiger partial charge in [-0.2, -0.15) is 8.42 Å². The number of hydrogen-bond acceptors (Lipinski definition) is 6. The molecule has 0 aromatic rings. The predicted octanol–water partition coefficient (Wildman–Crippen LogP) is -0.466. The van der Waals surface area contributed by atoms with Crippen molar-refractivity contribution >= 4 is 45.6 Å². The molecule has 0 fully saturated rings. The molecule has 0 heterocycles. The second kappa shape index (κ2) is 10.0. The van der Waals surface area contributed by atoms with Gasteiger partial charge in [0.15, 0.2) is 0 Å². The number of carbonyl (C=O) groups excluding carboxylic acids is 1. The van der Waals surface area contributed by atoms with E-state index in [1.807, 2.05) is 6.92 Å². The molecule has 1 N–H and O–H groups in total. The molecule has 96 valence electrons. The van der Waals surface area contributed by atoms with E-state index < -0.39 is 22.7 Å². The predicted molar refractivity (Wildman–Crippen MR) is 64.1 cm³/mol. The van der Waals surface area contributed by atoms with Crippen molar-refractivity contribution in [2.75, 3.05) is 19.8 Å². The van der Waals surface area contributed by atoms with Gasteiger partial charge in [0, 0.05) is 5.57 Å². The van der Waals surface area contributed by atoms with Crippen molar-refractivity contribution in [2.24, 2.45) is 0 Å². The Morgan fingerprint density at radius 2 is 1.94 bits per heavy atom. The summed E-state index contributed by atoms with van der Waals surface area (Å²) in [4.78, 5) is 11.2. The van der Waals surface area contributed by atoms with Crippen molar-refractivity contribution in [1.82, 2.24) is 0 Å². The van der Waals surface area contributed by atoms with Gasteiger partial charge in [-0.3, -0.25) is 4.18 Å². The van der Waals surface area contributed by atoms with E-state index >= 15 is 0 Å². The van der Waals surface area contributed by atoms with Crippen molar-refractivity contribution in [3.63, 3.8) is 0 Å². The van der Waals surface area contributed by atoms with Crippen LogP contribution in [0.15, 0.2) is 11.0 Å². The van der Waals surface area contributed by atoms with Gasteiger partial charge >= 0.3 is 35.5 Å². The standard InChI is InChI=1S/C9H16O6S.Na.H/c1-3-5-14-9(11)8(2)7-16(12,13)15-6-4-10;;/h7,10H,3-6H2,1-2H3;;. The average Bonchev–Trinajstić information content (AvgIpc) is 2.22. The third-order valence-corrected chi connectivity index (χ3v) is 2.56. The van der Waals surface area contributed by atoms with Crippen LogP contribution in [0.5, 0.6) is 0 Å². The molecule has 17 heavy (non-hydrogen) atoms. The summed E-state index contributed by atoms with van der Waals surface area (Å²) < 4.78 is 31.4. The zero-order chi connectivity index (χ0) is 12.6. The molecule has 0 saturated carbocycles. The zero-order valence-electron chi connectivity index (χ0n) is 9.30. The molecule has 0 aliphatic heterocycles. The number of rotatable bonds is 7. The molecule has 6 nitrogen and oxygen atoms in total. The third-order valence-electron chi connectivity index (χ3n) is 1.42. The van der Waals surface area contributed by atoms with E-state index in [2.05, 4.69) is 4.18 Å². The van der Waals surface area contributed by atoms with Crippen LogP contribution in [0.1, 0.15) is 20.3 Å². The summed E-state index contributed by atoms with van der Waals surface area (Å²) in [5, 5.41) is 9.07. The first kappa shape index (κ1) is 19.4. The Morgan fingerprint density at radius 1 is 1.35 bits per heavy atom. The van der Waals surface area contributed by atoms with E-state index in [9.17, 15) is 13.2 Å². The molecular formula is C9H17NaO6S. The molecule has 0 bridgehead atoms. The number of hydrogen-bond donors (Lipinski definition) is 1. The average molecular weight is 276 g/mol. The van der Waals surface area contributed by atoms with Gasteiger partial charge in [0.2, 0.25) is 0 Å². The molecule has 0 aliphatic carbocycles. The molecule has 0 atom stereocenters. The van der Waals surface area contributed by atoms with Crippen molar-refractivity contribution in [3.05, 3.63) is 11.0 Å². The van der Waals surface area contributed by atoms with E-state index in [4.69, 9.17) is 9.84 Å². The van der Waals surface area contributed by atoms with Crippen molar-refractivity contribution < 1.29 is 27.2 Å². The van der Waals surface area contributed by atoms with Crippen LogP contribution in [-0.2, 0) is 23.8 Å². The Hall–Kier alpha value is 0.0800. The minimum atomic E-state index is -3.94. The van der Waals surface area contributed by atoms with Crippen molar-refractivity contribution in [2.45, 2.75) is 20.3 Å². The zero-order valence-corrected chi connectivity index (χ0v) is 10.1. The molecule has 0 unspecified atom stereocenters. The summed E-state index contributed by atoms with van der Waals surface area (Å²) in [5.74, 6) is -0.696. The molecule has 0 amide bonds. The summed E-state index contributed by atoms with van der Waals surface area (Å²) in [6.07, 6.45) is 0.660. The van der Waals surface area contributed by atoms with E-state index in [0.29, 0.717) is 11.8 Å². The molecule has 8 heteroatoms. The summed E-state index contributed by atoms with van der Waals surface area (Å²) in [5.41, 5.74) is -0.0635. The van der Waals surface area contributed by atoms with Gasteiger partial charge in [0.25, 0.3) is 10.1 Å². The first-order chi connectivity index (χ1) is 7.43. The van der Waals surface area contributed by atoms with Crippen LogP contribution < -0.4 is 0 Å². The molecule has 0 radical (unpaired) electrons. The first-order valence-corrected chi connectivity index (χ1v) is 6.25. The van der Waals surface area contributed by atoms with Gasteiger partial charge in [-0.25, -0.2) is 4.79 Å². The molecule has 0 aromatic carbocycles. The van der Waals surface area contributed by atoms with Crippen LogP contribution in [0.4, 0.5) is 0 Å². The maximum atomic E-state index is 11.2. The Balaban J connectivity index is 0. The second-order valence-corrected chi connectivity index (χ2v) is 4.43. The van der Waals surface area contributed by atoms with E-state index in [0.717, 1.165) is 0 Å². The number of ether oxygens (including phenoxy) is 1. The molecule has 0 aromatic heterocycles. The Bertz CT molecular complexity index is 348. The topological polar surface area (TPSA) is 89.9 Å². The fourth-order valence-corrected chi connectivity index (χ4v) is 1.66. The SMILES string of the molecule is CCCOC(=O)C(C)=CS(=O)(=O)OCCO.[NaH]. The Morgan fingerprint density at radius 3 is 2.41 bits per heavy atom. The third kappa shape index (κ3) is 9.75. The number of aliphatic hydroxyl groups excluding tert-OH is 1. The van der Waals surface area contributed by atoms with E-state index in [-0.39, 0.29) is 48.3 Å². The Labute approximate surface area is 123 Å². The summed E-state index contributed by atoms with van der Waals surface area (Å²) in [6.45, 7) is 2.63. The van der Waals surface area contributed by atoms with Gasteiger partial charge in [0.05, 0.1) is 25.2 Å². The minimum absolute atomic E-state index is 0. The Kier molecular flexibility index (Phi) is 11.5. The molecular weight excluding hydrogens is 259 g/mol. The molecule has 0 saturated heterocycles. The summed E-state index contributed by atoms with van der Waals surface area (Å²) >= 11 is 0. The number of aliphatic hydroxyl groups is 1. The van der Waals surface area contributed by atoms with Crippen LogP contribution in [0.25, 0.3) is 0 Å². The van der Waals surface area contributed by atoms with Gasteiger partial charge in [-0.15, -0.1) is 0 Å². The van der Waals surface area contributed by atoms with Gasteiger partial charge in [0.1, 0.15) is 0 Å². The molecule has 0 aliphatic rings. The van der Waals surface area contributed by atoms with Crippen molar-refractivity contribution in [1.29, 1.82) is 0 Å². The fraction of sp³-hybridized carbons (Fsp3) is 0.667. The van der Waals surface area contributed by atoms with E-state index in [1.165, 1.54) is 6.92 Å². The van der Waals surface area contributed by atoms with Crippen LogP contribution >= 0.6 is 0 Å². The van der Waals surface area contributed by atoms with E-state index in [1.54, 1.807) is 0 Å². The first-order valence-electron chi connectivity index (χ1n) is 4.78. The van der Waals surface area contributed by atoms with Crippen LogP contribution in [0, 0.1) is 0 Å². The summed E-state index contributed by atoms with van der Waals surface area (Å²) in [6, 6.07) is 0. The summed E-state index contributed by atoms with van der Waals surface area (Å²) in [7, 11) is -3.94. The fourth-order valence-electron chi connectivity index (χ4n) is 0.761. The molecule has 0 spiro atoms. The van der Waals surface area contributed by atoms with Gasteiger partial charge in [-0.05, 0) is 13.3 Å². The maximum absolute atomic E-state index is 11.2. The second-order valence-electron chi connectivity index (χ2n) is 2.98. The monoisotopic (exact) mass is 276 g/mol. The number of esters is 1. The van der Waals surface area contributed by atoms with Gasteiger partial charge < -0.3 is 9.84 Å². The van der Waals surface area contributed by atoms with Crippen LogP contribution in [0.2, 0.25) is 0 Å². The van der Waals surface area contributed by atoms with Crippen LogP contribution in [0.3, 0.4) is 0 Å². The quantitative estimate of drug-likeness (QED) is 0.293. The van der Waals surface area contributed by atoms with Crippen LogP contribution in [-0.4, -0.2) is 68.9 Å². The molecule has 0 rings (SSSR count). The van der Waals surface area contributed by atoms with Gasteiger partial charge in [-0.1, -0.05) is 6.92 Å². The number of carbonyl (C=O) groups is 1. The van der Waals surface area contributed by atoms with Crippen molar-refractivity contribution in [3.8, 4) is 0 Å². The normalized spacial score (nSPS) is 11.8.